The molecule has 8 nitrogen and oxygen atoms in total. The number of hydrogen-bond donors (Lipinski definition) is 3. The van der Waals surface area contributed by atoms with Crippen LogP contribution in [-0.4, -0.2) is 47.4 Å². The zero-order valence-electron chi connectivity index (χ0n) is 19.7. The first-order chi connectivity index (χ1) is 17.5. The van der Waals surface area contributed by atoms with Crippen LogP contribution in [0.2, 0.25) is 0 Å². The Hall–Kier alpha value is -3.32. The van der Waals surface area contributed by atoms with Crippen molar-refractivity contribution >= 4 is 21.7 Å². The summed E-state index contributed by atoms with van der Waals surface area (Å²) in [4.78, 5) is 13.3. The molecular weight excluding hydrogens is 512 g/mol. The van der Waals surface area contributed by atoms with Crippen molar-refractivity contribution in [3.05, 3.63) is 65.9 Å². The van der Waals surface area contributed by atoms with Crippen LogP contribution >= 0.6 is 0 Å². The summed E-state index contributed by atoms with van der Waals surface area (Å²) in [5.41, 5.74) is 7.76. The van der Waals surface area contributed by atoms with E-state index < -0.39 is 33.5 Å². The molecule has 0 amide bonds. The van der Waals surface area contributed by atoms with E-state index >= 15 is 0 Å². The second-order valence-electron chi connectivity index (χ2n) is 8.99. The van der Waals surface area contributed by atoms with Crippen LogP contribution in [0.5, 0.6) is 0 Å². The van der Waals surface area contributed by atoms with Gasteiger partial charge in [0.15, 0.2) is 5.75 Å². The predicted molar refractivity (Wildman–Crippen MR) is 132 cm³/mol. The van der Waals surface area contributed by atoms with Gasteiger partial charge in [-0.25, -0.2) is 22.8 Å². The number of pyridine rings is 1. The smallest absolute Gasteiger partial charge is 0.351 e. The van der Waals surface area contributed by atoms with E-state index in [4.69, 9.17) is 5.73 Å². The highest BCUT2D eigenvalue weighted by Crippen LogP contribution is 2.27. The van der Waals surface area contributed by atoms with Crippen molar-refractivity contribution in [3.63, 3.8) is 0 Å². The summed E-state index contributed by atoms with van der Waals surface area (Å²) in [6.45, 7) is 0. The molecule has 0 radical (unpaired) electrons. The van der Waals surface area contributed by atoms with Crippen molar-refractivity contribution in [1.29, 1.82) is 0 Å². The molecule has 4 rings (SSSR count). The largest absolute Gasteiger partial charge is 0.404 e. The fourth-order valence-corrected chi connectivity index (χ4v) is 5.20. The van der Waals surface area contributed by atoms with Gasteiger partial charge in [0.1, 0.15) is 5.82 Å². The topological polar surface area (TPSA) is 123 Å². The summed E-state index contributed by atoms with van der Waals surface area (Å²) in [5.74, 6) is -2.63. The predicted octanol–water partition coefficient (Wildman–Crippen LogP) is 4.25. The van der Waals surface area contributed by atoms with E-state index in [2.05, 4.69) is 20.3 Å². The third kappa shape index (κ3) is 7.59. The number of alkyl halides is 3. The van der Waals surface area contributed by atoms with Crippen molar-refractivity contribution in [1.82, 2.24) is 15.0 Å². The van der Waals surface area contributed by atoms with E-state index in [1.54, 1.807) is 29.2 Å². The first-order valence-corrected chi connectivity index (χ1v) is 13.3. The van der Waals surface area contributed by atoms with Gasteiger partial charge < -0.3 is 11.1 Å². The monoisotopic (exact) mass is 538 g/mol. The number of hydrogen-bond acceptors (Lipinski definition) is 7. The van der Waals surface area contributed by atoms with Crippen LogP contribution in [0.4, 0.5) is 29.2 Å². The van der Waals surface area contributed by atoms with Gasteiger partial charge in [-0.1, -0.05) is 6.07 Å². The highest BCUT2D eigenvalue weighted by molar-refractivity contribution is 7.92. The van der Waals surface area contributed by atoms with Crippen molar-refractivity contribution in [2.75, 3.05) is 15.8 Å². The second-order valence-corrected chi connectivity index (χ2v) is 10.7. The van der Waals surface area contributed by atoms with Gasteiger partial charge in [-0.15, -0.1) is 0 Å². The maximum atomic E-state index is 14.6. The molecule has 1 aromatic carbocycles. The van der Waals surface area contributed by atoms with E-state index in [9.17, 15) is 26.0 Å². The summed E-state index contributed by atoms with van der Waals surface area (Å²) in [6.07, 6.45) is 2.18. The molecule has 1 aliphatic rings. The summed E-state index contributed by atoms with van der Waals surface area (Å²) >= 11 is 0. The number of nitrogens with two attached hydrogens (primary N) is 1. The Morgan fingerprint density at radius 3 is 2.49 bits per heavy atom. The number of sulfonamides is 1. The molecule has 2 aromatic heterocycles. The number of benzene rings is 1. The van der Waals surface area contributed by atoms with Gasteiger partial charge in [-0.05, 0) is 61.6 Å². The van der Waals surface area contributed by atoms with E-state index in [-0.39, 0.29) is 18.5 Å². The molecule has 3 aromatic rings. The molecule has 2 heterocycles. The molecule has 1 saturated carbocycles. The maximum absolute atomic E-state index is 14.6. The van der Waals surface area contributed by atoms with Crippen molar-refractivity contribution in [2.24, 2.45) is 5.73 Å². The Balaban J connectivity index is 1.50. The highest BCUT2D eigenvalue weighted by Gasteiger charge is 2.35. The minimum Gasteiger partial charge on any atom is -0.351 e. The average Bonchev–Trinajstić information content (AvgIpc) is 2.81. The van der Waals surface area contributed by atoms with Crippen molar-refractivity contribution < 1.29 is 26.0 Å². The number of halogens is 4. The summed E-state index contributed by atoms with van der Waals surface area (Å²) in [7, 11) is -4.80. The first kappa shape index (κ1) is 26.7. The van der Waals surface area contributed by atoms with Gasteiger partial charge in [0.2, 0.25) is 16.0 Å². The van der Waals surface area contributed by atoms with Crippen LogP contribution in [0.1, 0.15) is 36.9 Å². The van der Waals surface area contributed by atoms with Crippen LogP contribution in [0.3, 0.4) is 0 Å². The standard InChI is InChI=1S/C24H26F4N6O2S/c25-19-12-15(3-8-21(19)34-37(35,36)14-24(26,27)28)13-22-18(2-1-10-30-22)20-9-11-31-23(33-20)32-17-6-4-16(29)5-7-17/h1-3,8-12,16-17,34H,4-7,13-14,29H2,(H,31,32,33)/t16-,17-. The van der Waals surface area contributed by atoms with Crippen molar-refractivity contribution in [2.45, 2.75) is 50.4 Å². The minimum atomic E-state index is -4.95. The summed E-state index contributed by atoms with van der Waals surface area (Å²) < 4.78 is 77.0. The highest BCUT2D eigenvalue weighted by atomic mass is 32.2. The average molecular weight is 539 g/mol. The van der Waals surface area contributed by atoms with Gasteiger partial charge in [-0.2, -0.15) is 13.2 Å². The summed E-state index contributed by atoms with van der Waals surface area (Å²) in [6, 6.07) is 9.34. The number of rotatable bonds is 8. The quantitative estimate of drug-likeness (QED) is 0.367. The molecule has 198 valence electrons. The number of anilines is 2. The van der Waals surface area contributed by atoms with Crippen LogP contribution in [-0.2, 0) is 16.4 Å². The molecule has 1 fully saturated rings. The van der Waals surface area contributed by atoms with Gasteiger partial charge in [-0.3, -0.25) is 9.71 Å². The SMILES string of the molecule is N[C@H]1CC[C@H](Nc2nccc(-c3cccnc3Cc3ccc(NS(=O)(=O)CC(F)(F)F)c(F)c3)n2)CC1. The second kappa shape index (κ2) is 11.0. The van der Waals surface area contributed by atoms with Crippen LogP contribution < -0.4 is 15.8 Å². The third-order valence-electron chi connectivity index (χ3n) is 5.95. The molecule has 1 aliphatic carbocycles. The molecule has 0 atom stereocenters. The van der Waals surface area contributed by atoms with Gasteiger partial charge in [0, 0.05) is 36.5 Å². The van der Waals surface area contributed by atoms with Gasteiger partial charge in [0.25, 0.3) is 0 Å². The van der Waals surface area contributed by atoms with Gasteiger partial charge in [0.05, 0.1) is 17.1 Å². The molecule has 0 saturated heterocycles. The Morgan fingerprint density at radius 2 is 1.78 bits per heavy atom. The lowest BCUT2D eigenvalue weighted by atomic mass is 9.92. The lowest BCUT2D eigenvalue weighted by Crippen LogP contribution is -2.33. The fourth-order valence-electron chi connectivity index (χ4n) is 4.20. The molecule has 0 aliphatic heterocycles. The molecule has 37 heavy (non-hydrogen) atoms. The Bertz CT molecular complexity index is 1350. The molecule has 4 N–H and O–H groups in total. The normalized spacial score (nSPS) is 18.4. The van der Waals surface area contributed by atoms with Gasteiger partial charge >= 0.3 is 6.18 Å². The van der Waals surface area contributed by atoms with E-state index in [0.29, 0.717) is 28.5 Å². The third-order valence-corrected chi connectivity index (χ3v) is 7.19. The lowest BCUT2D eigenvalue weighted by molar-refractivity contribution is -0.106. The van der Waals surface area contributed by atoms with E-state index in [1.165, 1.54) is 6.07 Å². The number of aromatic nitrogens is 3. The zero-order chi connectivity index (χ0) is 26.6. The Kier molecular flexibility index (Phi) is 7.93. The van der Waals surface area contributed by atoms with E-state index in [0.717, 1.165) is 37.8 Å². The molecular formula is C24H26F4N6O2S. The fraction of sp³-hybridized carbons (Fsp3) is 0.375. The number of nitrogens with zero attached hydrogens (tertiary/aromatic N) is 3. The van der Waals surface area contributed by atoms with Crippen LogP contribution in [0.25, 0.3) is 11.3 Å². The molecule has 13 heteroatoms. The maximum Gasteiger partial charge on any atom is 0.404 e. The lowest BCUT2D eigenvalue weighted by Gasteiger charge is -2.26. The first-order valence-electron chi connectivity index (χ1n) is 11.6. The molecule has 0 bridgehead atoms. The van der Waals surface area contributed by atoms with Crippen molar-refractivity contribution in [3.8, 4) is 11.3 Å². The summed E-state index contributed by atoms with van der Waals surface area (Å²) in [5, 5.41) is 3.35. The Labute approximate surface area is 211 Å². The Morgan fingerprint density at radius 1 is 1.03 bits per heavy atom. The zero-order valence-corrected chi connectivity index (χ0v) is 20.5. The molecule has 0 spiro atoms. The molecule has 0 unspecified atom stereocenters. The van der Waals surface area contributed by atoms with Crippen LogP contribution in [0.15, 0.2) is 48.8 Å². The van der Waals surface area contributed by atoms with Crippen LogP contribution in [0, 0.1) is 5.82 Å². The number of nitrogens with one attached hydrogen (secondary N) is 2. The van der Waals surface area contributed by atoms with E-state index in [1.807, 2.05) is 6.07 Å². The minimum absolute atomic E-state index is 0.177.